The number of carbonyl (C=O) groups is 1. The molecule has 0 bridgehead atoms. The van der Waals surface area contributed by atoms with E-state index in [1.807, 2.05) is 31.2 Å². The second kappa shape index (κ2) is 4.28. The van der Waals surface area contributed by atoms with Crippen molar-refractivity contribution in [3.63, 3.8) is 0 Å². The van der Waals surface area contributed by atoms with Crippen LogP contribution in [0.4, 0.5) is 0 Å². The second-order valence-electron chi connectivity index (χ2n) is 2.77. The van der Waals surface area contributed by atoms with E-state index in [4.69, 9.17) is 4.74 Å². The highest BCUT2D eigenvalue weighted by Gasteiger charge is 2.29. The zero-order chi connectivity index (χ0) is 9.97. The normalized spacial score (nSPS) is 15.2. The highest BCUT2D eigenvalue weighted by atomic mass is 32.2. The van der Waals surface area contributed by atoms with Crippen molar-refractivity contribution >= 4 is 29.5 Å². The molecule has 0 unspecified atom stereocenters. The molecule has 2 rings (SSSR count). The van der Waals surface area contributed by atoms with Gasteiger partial charge in [0, 0.05) is 9.79 Å². The molecule has 0 fully saturated rings. The van der Waals surface area contributed by atoms with Gasteiger partial charge in [-0.05, 0) is 19.1 Å². The predicted molar refractivity (Wildman–Crippen MR) is 58.6 cm³/mol. The Hall–Kier alpha value is -0.610. The molecule has 0 saturated heterocycles. The topological polar surface area (TPSA) is 26.3 Å². The van der Waals surface area contributed by atoms with Crippen molar-refractivity contribution in [2.45, 2.75) is 21.3 Å². The molecule has 2 nitrogen and oxygen atoms in total. The molecule has 0 N–H and O–H groups in total. The molecule has 1 aromatic carbocycles. The Kier molecular flexibility index (Phi) is 3.03. The molecule has 0 amide bonds. The maximum absolute atomic E-state index is 11.4. The largest absolute Gasteiger partial charge is 0.465 e. The van der Waals surface area contributed by atoms with Gasteiger partial charge >= 0.3 is 5.97 Å². The van der Waals surface area contributed by atoms with Crippen molar-refractivity contribution in [3.8, 4) is 0 Å². The van der Waals surface area contributed by atoms with Crippen molar-refractivity contribution in [1.82, 2.24) is 0 Å². The van der Waals surface area contributed by atoms with Gasteiger partial charge in [0.05, 0.1) is 6.61 Å². The first-order valence-electron chi connectivity index (χ1n) is 4.40. The van der Waals surface area contributed by atoms with E-state index in [1.165, 1.54) is 9.79 Å². The number of esters is 1. The van der Waals surface area contributed by atoms with Gasteiger partial charge in [-0.25, -0.2) is 4.79 Å². The average molecular weight is 226 g/mol. The van der Waals surface area contributed by atoms with Gasteiger partial charge in [0.1, 0.15) is 0 Å². The summed E-state index contributed by atoms with van der Waals surface area (Å²) in [6.07, 6.45) is 0. The van der Waals surface area contributed by atoms with Crippen LogP contribution in [0.3, 0.4) is 0 Å². The Morgan fingerprint density at radius 3 is 2.43 bits per heavy atom. The molecule has 0 saturated carbocycles. The molecule has 1 heterocycles. The standard InChI is InChI=1S/C10H10O2S2/c1-2-12-9(11)10-13-7-5-3-4-6-8(7)14-10/h3-6,10H,2H2,1H3. The quantitative estimate of drug-likeness (QED) is 0.724. The summed E-state index contributed by atoms with van der Waals surface area (Å²) >= 11 is 3.15. The van der Waals surface area contributed by atoms with E-state index in [9.17, 15) is 4.79 Å². The summed E-state index contributed by atoms with van der Waals surface area (Å²) in [5.74, 6) is -0.126. The molecule has 0 aliphatic carbocycles. The maximum Gasteiger partial charge on any atom is 0.330 e. The van der Waals surface area contributed by atoms with E-state index in [2.05, 4.69) is 0 Å². The van der Waals surface area contributed by atoms with E-state index >= 15 is 0 Å². The van der Waals surface area contributed by atoms with E-state index in [0.29, 0.717) is 6.61 Å². The van der Waals surface area contributed by atoms with Crippen LogP contribution in [0, 0.1) is 0 Å². The van der Waals surface area contributed by atoms with Crippen LogP contribution in [0.25, 0.3) is 0 Å². The van der Waals surface area contributed by atoms with Gasteiger partial charge in [-0.3, -0.25) is 0 Å². The number of rotatable bonds is 2. The zero-order valence-electron chi connectivity index (χ0n) is 7.73. The van der Waals surface area contributed by atoms with Crippen LogP contribution in [-0.4, -0.2) is 17.2 Å². The average Bonchev–Trinajstić information content (AvgIpc) is 2.61. The molecule has 0 radical (unpaired) electrons. The summed E-state index contributed by atoms with van der Waals surface area (Å²) in [6.45, 7) is 2.28. The molecular weight excluding hydrogens is 216 g/mol. The van der Waals surface area contributed by atoms with Crippen LogP contribution in [0.2, 0.25) is 0 Å². The van der Waals surface area contributed by atoms with Crippen molar-refractivity contribution in [2.75, 3.05) is 6.61 Å². The van der Waals surface area contributed by atoms with E-state index in [0.717, 1.165) is 0 Å². The summed E-state index contributed by atoms with van der Waals surface area (Å²) in [7, 11) is 0. The molecule has 0 spiro atoms. The van der Waals surface area contributed by atoms with Gasteiger partial charge in [-0.2, -0.15) is 0 Å². The third-order valence-corrected chi connectivity index (χ3v) is 4.54. The zero-order valence-corrected chi connectivity index (χ0v) is 9.36. The fourth-order valence-electron chi connectivity index (χ4n) is 1.21. The number of hydrogen-bond acceptors (Lipinski definition) is 4. The molecule has 4 heteroatoms. The van der Waals surface area contributed by atoms with Gasteiger partial charge in [0.15, 0.2) is 4.58 Å². The van der Waals surface area contributed by atoms with Crippen molar-refractivity contribution in [1.29, 1.82) is 0 Å². The summed E-state index contributed by atoms with van der Waals surface area (Å²) < 4.78 is 4.86. The molecule has 0 aromatic heterocycles. The molecule has 74 valence electrons. The van der Waals surface area contributed by atoms with E-state index < -0.39 is 0 Å². The van der Waals surface area contributed by atoms with Crippen LogP contribution in [0.5, 0.6) is 0 Å². The molecule has 0 atom stereocenters. The monoisotopic (exact) mass is 226 g/mol. The lowest BCUT2D eigenvalue weighted by atomic mass is 10.4. The van der Waals surface area contributed by atoms with Crippen LogP contribution >= 0.6 is 23.5 Å². The molecular formula is C10H10O2S2. The van der Waals surface area contributed by atoms with Crippen LogP contribution < -0.4 is 0 Å². The smallest absolute Gasteiger partial charge is 0.330 e. The van der Waals surface area contributed by atoms with E-state index in [1.54, 1.807) is 23.5 Å². The molecule has 1 aliphatic rings. The molecule has 14 heavy (non-hydrogen) atoms. The lowest BCUT2D eigenvalue weighted by Gasteiger charge is -2.05. The van der Waals surface area contributed by atoms with Gasteiger partial charge in [-0.1, -0.05) is 35.7 Å². The number of thioether (sulfide) groups is 2. The summed E-state index contributed by atoms with van der Waals surface area (Å²) in [4.78, 5) is 13.8. The van der Waals surface area contributed by atoms with E-state index in [-0.39, 0.29) is 10.6 Å². The number of hydrogen-bond donors (Lipinski definition) is 0. The highest BCUT2D eigenvalue weighted by Crippen LogP contribution is 2.47. The lowest BCUT2D eigenvalue weighted by molar-refractivity contribution is -0.140. The minimum absolute atomic E-state index is 0.118. The van der Waals surface area contributed by atoms with Gasteiger partial charge < -0.3 is 4.74 Å². The Morgan fingerprint density at radius 2 is 1.93 bits per heavy atom. The first-order chi connectivity index (χ1) is 6.81. The third kappa shape index (κ3) is 1.91. The number of fused-ring (bicyclic) bond motifs is 1. The van der Waals surface area contributed by atoms with Gasteiger partial charge in [0.25, 0.3) is 0 Å². The minimum Gasteiger partial charge on any atom is -0.465 e. The van der Waals surface area contributed by atoms with Crippen molar-refractivity contribution < 1.29 is 9.53 Å². The highest BCUT2D eigenvalue weighted by molar-refractivity contribution is 8.20. The third-order valence-electron chi connectivity index (χ3n) is 1.80. The first kappa shape index (κ1) is 9.93. The maximum atomic E-state index is 11.4. The second-order valence-corrected chi connectivity index (χ2v) is 5.36. The number of ether oxygens (including phenoxy) is 1. The van der Waals surface area contributed by atoms with Crippen LogP contribution in [0.15, 0.2) is 34.1 Å². The van der Waals surface area contributed by atoms with Crippen molar-refractivity contribution in [3.05, 3.63) is 24.3 Å². The fourth-order valence-corrected chi connectivity index (χ4v) is 3.78. The Balaban J connectivity index is 2.08. The number of carbonyl (C=O) groups excluding carboxylic acids is 1. The van der Waals surface area contributed by atoms with Gasteiger partial charge in [0.2, 0.25) is 0 Å². The summed E-state index contributed by atoms with van der Waals surface area (Å²) in [5, 5.41) is 0. The van der Waals surface area contributed by atoms with Crippen LogP contribution in [-0.2, 0) is 9.53 Å². The summed E-state index contributed by atoms with van der Waals surface area (Å²) in [6, 6.07) is 8.04. The predicted octanol–water partition coefficient (Wildman–Crippen LogP) is 2.77. The Bertz CT molecular complexity index is 327. The van der Waals surface area contributed by atoms with Gasteiger partial charge in [-0.15, -0.1) is 0 Å². The molecule has 1 aliphatic heterocycles. The first-order valence-corrected chi connectivity index (χ1v) is 6.16. The Labute approximate surface area is 91.4 Å². The SMILES string of the molecule is CCOC(=O)C1Sc2ccccc2S1. The number of benzene rings is 1. The summed E-state index contributed by atoms with van der Waals surface area (Å²) in [5.41, 5.74) is 0. The lowest BCUT2D eigenvalue weighted by Crippen LogP contribution is -2.14. The Morgan fingerprint density at radius 1 is 1.36 bits per heavy atom. The fraction of sp³-hybridized carbons (Fsp3) is 0.300. The van der Waals surface area contributed by atoms with Crippen molar-refractivity contribution in [2.24, 2.45) is 0 Å². The van der Waals surface area contributed by atoms with Crippen LogP contribution in [0.1, 0.15) is 6.92 Å². The molecule has 1 aromatic rings. The minimum atomic E-state index is -0.126.